The van der Waals surface area contributed by atoms with Crippen molar-refractivity contribution in [3.05, 3.63) is 46.1 Å². The van der Waals surface area contributed by atoms with Gasteiger partial charge in [0.15, 0.2) is 11.3 Å². The van der Waals surface area contributed by atoms with Gasteiger partial charge < -0.3 is 19.2 Å². The fourth-order valence-corrected chi connectivity index (χ4v) is 2.49. The molecule has 0 atom stereocenters. The Kier molecular flexibility index (Phi) is 3.68. The van der Waals surface area contributed by atoms with Crippen molar-refractivity contribution < 1.29 is 19.1 Å². The average Bonchev–Trinajstić information content (AvgIpc) is 2.54. The predicted molar refractivity (Wildman–Crippen MR) is 82.6 cm³/mol. The van der Waals surface area contributed by atoms with E-state index in [1.54, 1.807) is 0 Å². The molecule has 0 saturated carbocycles. The van der Waals surface area contributed by atoms with Gasteiger partial charge in [-0.05, 0) is 12.1 Å². The Morgan fingerprint density at radius 1 is 1.27 bits per heavy atom. The molecule has 1 aromatic heterocycles. The first kappa shape index (κ1) is 14.3. The van der Waals surface area contributed by atoms with Crippen molar-refractivity contribution >= 4 is 28.9 Å². The van der Waals surface area contributed by atoms with Gasteiger partial charge in [0, 0.05) is 24.7 Å². The van der Waals surface area contributed by atoms with Gasteiger partial charge in [0.2, 0.25) is 0 Å². The van der Waals surface area contributed by atoms with E-state index in [9.17, 15) is 9.59 Å². The first-order chi connectivity index (χ1) is 10.6. The lowest BCUT2D eigenvalue weighted by atomic mass is 10.1. The number of fused-ring (bicyclic) bond motifs is 1. The standard InChI is InChI=1S/C16H15NO5/c1-2-10-7-11(16(19)20)8-12-13(18)9-14(22-15(10)12)17-3-5-21-6-4-17/h2,7-9H,1,3-6H2,(H,19,20). The molecule has 2 heterocycles. The number of carbonyl (C=O) groups is 1. The number of aromatic carboxylic acids is 1. The SMILES string of the molecule is C=Cc1cc(C(=O)O)cc2c(=O)cc(N3CCOCC3)oc12. The topological polar surface area (TPSA) is 80.0 Å². The van der Waals surface area contributed by atoms with Gasteiger partial charge in [-0.25, -0.2) is 4.79 Å². The van der Waals surface area contributed by atoms with E-state index < -0.39 is 5.97 Å². The number of morpholine rings is 1. The molecule has 1 aromatic carbocycles. The van der Waals surface area contributed by atoms with Crippen LogP contribution >= 0.6 is 0 Å². The molecule has 0 unspecified atom stereocenters. The van der Waals surface area contributed by atoms with Crippen LogP contribution in [0.15, 0.2) is 34.0 Å². The van der Waals surface area contributed by atoms with Crippen molar-refractivity contribution in [3.8, 4) is 0 Å². The Balaban J connectivity index is 2.20. The number of rotatable bonds is 3. The van der Waals surface area contributed by atoms with Gasteiger partial charge >= 0.3 is 5.97 Å². The summed E-state index contributed by atoms with van der Waals surface area (Å²) in [5, 5.41) is 9.37. The minimum Gasteiger partial charge on any atom is -0.478 e. The van der Waals surface area contributed by atoms with Crippen molar-refractivity contribution in [3.63, 3.8) is 0 Å². The second kappa shape index (κ2) is 5.65. The van der Waals surface area contributed by atoms with E-state index in [-0.39, 0.29) is 16.4 Å². The number of carboxylic acids is 1. The van der Waals surface area contributed by atoms with E-state index in [4.69, 9.17) is 14.3 Å². The molecule has 1 aliphatic heterocycles. The zero-order valence-electron chi connectivity index (χ0n) is 11.9. The molecule has 6 heteroatoms. The maximum Gasteiger partial charge on any atom is 0.335 e. The number of nitrogens with zero attached hydrogens (tertiary/aromatic N) is 1. The molecule has 1 N–H and O–H groups in total. The smallest absolute Gasteiger partial charge is 0.335 e. The summed E-state index contributed by atoms with van der Waals surface area (Å²) < 4.78 is 11.1. The van der Waals surface area contributed by atoms with Crippen molar-refractivity contribution in [2.75, 3.05) is 31.2 Å². The summed E-state index contributed by atoms with van der Waals surface area (Å²) in [5.41, 5.74) is 0.610. The second-order valence-corrected chi connectivity index (χ2v) is 5.00. The highest BCUT2D eigenvalue weighted by Crippen LogP contribution is 2.25. The quantitative estimate of drug-likeness (QED) is 0.933. The lowest BCUT2D eigenvalue weighted by Crippen LogP contribution is -2.36. The summed E-state index contributed by atoms with van der Waals surface area (Å²) in [5.74, 6) is -0.631. The Hall–Kier alpha value is -2.60. The maximum atomic E-state index is 12.3. The summed E-state index contributed by atoms with van der Waals surface area (Å²) in [7, 11) is 0. The highest BCUT2D eigenvalue weighted by Gasteiger charge is 2.17. The first-order valence-electron chi connectivity index (χ1n) is 6.90. The van der Waals surface area contributed by atoms with Gasteiger partial charge in [-0.1, -0.05) is 12.7 Å². The Morgan fingerprint density at radius 3 is 2.64 bits per heavy atom. The number of benzene rings is 1. The van der Waals surface area contributed by atoms with Gasteiger partial charge in [0.1, 0.15) is 5.58 Å². The van der Waals surface area contributed by atoms with Crippen LogP contribution in [0, 0.1) is 0 Å². The van der Waals surface area contributed by atoms with Crippen LogP contribution in [0.3, 0.4) is 0 Å². The summed E-state index contributed by atoms with van der Waals surface area (Å²) in [6.45, 7) is 6.11. The van der Waals surface area contributed by atoms with Crippen LogP contribution in [0.2, 0.25) is 0 Å². The monoisotopic (exact) mass is 301 g/mol. The van der Waals surface area contributed by atoms with E-state index >= 15 is 0 Å². The molecule has 2 aromatic rings. The molecule has 6 nitrogen and oxygen atoms in total. The fraction of sp³-hybridized carbons (Fsp3) is 0.250. The largest absolute Gasteiger partial charge is 0.478 e. The lowest BCUT2D eigenvalue weighted by Gasteiger charge is -2.27. The minimum atomic E-state index is -1.10. The van der Waals surface area contributed by atoms with Crippen molar-refractivity contribution in [2.45, 2.75) is 0 Å². The molecule has 3 rings (SSSR count). The van der Waals surface area contributed by atoms with Gasteiger partial charge in [0.25, 0.3) is 0 Å². The van der Waals surface area contributed by atoms with Crippen LogP contribution in [0.1, 0.15) is 15.9 Å². The van der Waals surface area contributed by atoms with Gasteiger partial charge in [0.05, 0.1) is 24.2 Å². The van der Waals surface area contributed by atoms with E-state index in [1.165, 1.54) is 24.3 Å². The van der Waals surface area contributed by atoms with E-state index in [0.29, 0.717) is 43.3 Å². The summed E-state index contributed by atoms with van der Waals surface area (Å²) in [6, 6.07) is 4.18. The summed E-state index contributed by atoms with van der Waals surface area (Å²) in [6.07, 6.45) is 1.49. The van der Waals surface area contributed by atoms with Crippen molar-refractivity contribution in [1.29, 1.82) is 0 Å². The number of hydrogen-bond donors (Lipinski definition) is 1. The highest BCUT2D eigenvalue weighted by atomic mass is 16.5. The van der Waals surface area contributed by atoms with Gasteiger partial charge in [-0.2, -0.15) is 0 Å². The first-order valence-corrected chi connectivity index (χ1v) is 6.90. The third-order valence-corrected chi connectivity index (χ3v) is 3.63. The molecule has 114 valence electrons. The molecule has 22 heavy (non-hydrogen) atoms. The predicted octanol–water partition coefficient (Wildman–Crippen LogP) is 1.97. The molecular weight excluding hydrogens is 286 g/mol. The molecule has 1 fully saturated rings. The van der Waals surface area contributed by atoms with Crippen LogP contribution < -0.4 is 10.3 Å². The zero-order chi connectivity index (χ0) is 15.7. The Labute approximate surface area is 126 Å². The van der Waals surface area contributed by atoms with Crippen LogP contribution in [0.4, 0.5) is 5.88 Å². The third kappa shape index (κ3) is 2.48. The van der Waals surface area contributed by atoms with Gasteiger partial charge in [-0.3, -0.25) is 4.79 Å². The minimum absolute atomic E-state index is 0.0359. The normalized spacial score (nSPS) is 15.0. The molecule has 1 aliphatic rings. The van der Waals surface area contributed by atoms with E-state index in [1.807, 2.05) is 4.90 Å². The molecule has 0 aliphatic carbocycles. The molecule has 0 radical (unpaired) electrons. The third-order valence-electron chi connectivity index (χ3n) is 3.63. The molecule has 0 bridgehead atoms. The lowest BCUT2D eigenvalue weighted by molar-refractivity contribution is 0.0697. The molecule has 0 spiro atoms. The molecule has 1 saturated heterocycles. The maximum absolute atomic E-state index is 12.3. The van der Waals surface area contributed by atoms with E-state index in [2.05, 4.69) is 6.58 Å². The Morgan fingerprint density at radius 2 is 2.00 bits per heavy atom. The van der Waals surface area contributed by atoms with Crippen LogP contribution in [-0.4, -0.2) is 37.4 Å². The second-order valence-electron chi connectivity index (χ2n) is 5.00. The van der Waals surface area contributed by atoms with E-state index in [0.717, 1.165) is 0 Å². The zero-order valence-corrected chi connectivity index (χ0v) is 11.9. The summed E-state index contributed by atoms with van der Waals surface area (Å²) >= 11 is 0. The number of anilines is 1. The number of hydrogen-bond acceptors (Lipinski definition) is 5. The van der Waals surface area contributed by atoms with Crippen LogP contribution in [0.5, 0.6) is 0 Å². The van der Waals surface area contributed by atoms with Crippen molar-refractivity contribution in [1.82, 2.24) is 0 Å². The molecule has 0 amide bonds. The summed E-state index contributed by atoms with van der Waals surface area (Å²) in [4.78, 5) is 25.4. The van der Waals surface area contributed by atoms with Crippen LogP contribution in [0.25, 0.3) is 17.0 Å². The van der Waals surface area contributed by atoms with Crippen LogP contribution in [-0.2, 0) is 4.74 Å². The fourth-order valence-electron chi connectivity index (χ4n) is 2.49. The highest BCUT2D eigenvalue weighted by molar-refractivity contribution is 5.96. The number of ether oxygens (including phenoxy) is 1. The molecular formula is C16H15NO5. The Bertz CT molecular complexity index is 802. The average molecular weight is 301 g/mol. The van der Waals surface area contributed by atoms with Crippen molar-refractivity contribution in [2.24, 2.45) is 0 Å². The van der Waals surface area contributed by atoms with Gasteiger partial charge in [-0.15, -0.1) is 0 Å². The number of carboxylic acid groups (broad SMARTS) is 1.